The zero-order chi connectivity index (χ0) is 17.1. The summed E-state index contributed by atoms with van der Waals surface area (Å²) < 4.78 is 5.60. The van der Waals surface area contributed by atoms with E-state index in [9.17, 15) is 4.79 Å². The molecule has 3 rings (SSSR count). The van der Waals surface area contributed by atoms with Gasteiger partial charge >= 0.3 is 0 Å². The molecule has 0 unspecified atom stereocenters. The van der Waals surface area contributed by atoms with Crippen LogP contribution in [0.3, 0.4) is 0 Å². The largest absolute Gasteiger partial charge is 0.493 e. The van der Waals surface area contributed by atoms with Crippen molar-refractivity contribution in [2.75, 3.05) is 6.61 Å². The number of hydrogen-bond acceptors (Lipinski definition) is 7. The van der Waals surface area contributed by atoms with Crippen LogP contribution in [0.15, 0.2) is 29.2 Å². The van der Waals surface area contributed by atoms with Crippen molar-refractivity contribution in [1.29, 1.82) is 5.41 Å². The second-order valence-corrected chi connectivity index (χ2v) is 7.31. The van der Waals surface area contributed by atoms with Crippen LogP contribution in [0, 0.1) is 5.41 Å². The highest BCUT2D eigenvalue weighted by Gasteiger charge is 2.39. The third-order valence-corrected chi connectivity index (χ3v) is 5.65. The van der Waals surface area contributed by atoms with E-state index in [1.165, 1.54) is 23.1 Å². The van der Waals surface area contributed by atoms with Gasteiger partial charge in [-0.05, 0) is 25.5 Å². The number of ketones is 1. The number of thioether (sulfide) groups is 1. The van der Waals surface area contributed by atoms with Crippen LogP contribution in [-0.4, -0.2) is 27.6 Å². The zero-order valence-corrected chi connectivity index (χ0v) is 15.0. The van der Waals surface area contributed by atoms with Gasteiger partial charge in [0.1, 0.15) is 21.7 Å². The Labute approximate surface area is 148 Å². The summed E-state index contributed by atoms with van der Waals surface area (Å²) >= 11 is 2.60. The average Bonchev–Trinajstić information content (AvgIpc) is 3.14. The number of aryl methyl sites for hydroxylation is 1. The summed E-state index contributed by atoms with van der Waals surface area (Å²) in [6, 6.07) is 7.58. The fourth-order valence-electron chi connectivity index (χ4n) is 2.37. The Morgan fingerprint density at radius 3 is 2.79 bits per heavy atom. The minimum absolute atomic E-state index is 0.0879. The lowest BCUT2D eigenvalue weighted by Crippen LogP contribution is -2.11. The maximum Gasteiger partial charge on any atom is 0.186 e. The van der Waals surface area contributed by atoms with Gasteiger partial charge in [0.05, 0.1) is 16.6 Å². The van der Waals surface area contributed by atoms with E-state index in [2.05, 4.69) is 10.2 Å². The number of allylic oxidation sites excluding steroid dienone is 1. The number of nitrogens with one attached hydrogen (secondary N) is 1. The minimum atomic E-state index is -0.613. The second-order valence-electron chi connectivity index (χ2n) is 5.13. The van der Waals surface area contributed by atoms with E-state index in [1.54, 1.807) is 6.08 Å². The molecule has 1 atom stereocenters. The summed E-state index contributed by atoms with van der Waals surface area (Å²) in [6.07, 6.45) is 2.58. The van der Waals surface area contributed by atoms with Crippen molar-refractivity contribution < 1.29 is 9.53 Å². The number of nitrogens with zero attached hydrogens (tertiary/aromatic N) is 2. The molecule has 1 aliphatic heterocycles. The number of benzene rings is 1. The number of aromatic nitrogens is 2. The van der Waals surface area contributed by atoms with Gasteiger partial charge < -0.3 is 4.74 Å². The highest BCUT2D eigenvalue weighted by Crippen LogP contribution is 2.42. The molecule has 0 amide bonds. The summed E-state index contributed by atoms with van der Waals surface area (Å²) in [4.78, 5) is 13.3. The first-order valence-electron chi connectivity index (χ1n) is 7.70. The van der Waals surface area contributed by atoms with Gasteiger partial charge in [0, 0.05) is 5.56 Å². The van der Waals surface area contributed by atoms with E-state index in [4.69, 9.17) is 10.1 Å². The zero-order valence-electron chi connectivity index (χ0n) is 13.4. The molecule has 2 aromatic rings. The van der Waals surface area contributed by atoms with Gasteiger partial charge in [0.15, 0.2) is 5.78 Å². The Hall–Kier alpha value is -1.99. The third-order valence-electron chi connectivity index (χ3n) is 3.52. The number of ether oxygens (including phenoxy) is 1. The molecule has 124 valence electrons. The molecule has 1 fully saturated rings. The van der Waals surface area contributed by atoms with Crippen molar-refractivity contribution in [2.45, 2.75) is 26.2 Å². The first-order valence-corrected chi connectivity index (χ1v) is 9.33. The number of hydrogen-bond donors (Lipinski definition) is 1. The van der Waals surface area contributed by atoms with Crippen LogP contribution in [0.25, 0.3) is 6.08 Å². The lowest BCUT2D eigenvalue weighted by molar-refractivity contribution is -0.114. The maximum atomic E-state index is 12.8. The molecule has 1 aromatic carbocycles. The molecule has 2 heterocycles. The minimum Gasteiger partial charge on any atom is -0.493 e. The summed E-state index contributed by atoms with van der Waals surface area (Å²) in [6.45, 7) is 4.48. The summed E-state index contributed by atoms with van der Waals surface area (Å²) in [7, 11) is 0. The third kappa shape index (κ3) is 3.27. The molecule has 1 aromatic heterocycles. The van der Waals surface area contributed by atoms with Crippen LogP contribution >= 0.6 is 23.1 Å². The number of rotatable bonds is 5. The van der Waals surface area contributed by atoms with Gasteiger partial charge in [0.2, 0.25) is 0 Å². The smallest absolute Gasteiger partial charge is 0.186 e. The van der Waals surface area contributed by atoms with Crippen LogP contribution < -0.4 is 4.74 Å². The van der Waals surface area contributed by atoms with Crippen LogP contribution in [0.5, 0.6) is 5.75 Å². The fourth-order valence-corrected chi connectivity index (χ4v) is 4.31. The van der Waals surface area contributed by atoms with Crippen LogP contribution in [0.4, 0.5) is 0 Å². The molecule has 7 heteroatoms. The van der Waals surface area contributed by atoms with E-state index in [0.717, 1.165) is 22.7 Å². The molecule has 1 saturated heterocycles. The summed E-state index contributed by atoms with van der Waals surface area (Å²) in [5, 5.41) is 18.1. The van der Waals surface area contributed by atoms with Gasteiger partial charge in [-0.2, -0.15) is 0 Å². The van der Waals surface area contributed by atoms with E-state index in [1.807, 2.05) is 38.1 Å². The van der Waals surface area contributed by atoms with Gasteiger partial charge in [0.25, 0.3) is 0 Å². The number of Topliss-reactive ketones (excluding diaryl/α,β-unsaturated/α-hetero) is 1. The Balaban J connectivity index is 1.91. The van der Waals surface area contributed by atoms with Gasteiger partial charge in [-0.3, -0.25) is 10.2 Å². The van der Waals surface area contributed by atoms with Crippen molar-refractivity contribution in [3.05, 3.63) is 44.7 Å². The Bertz CT molecular complexity index is 814. The van der Waals surface area contributed by atoms with Crippen molar-refractivity contribution in [3.63, 3.8) is 0 Å². The summed E-state index contributed by atoms with van der Waals surface area (Å²) in [5.74, 6) is 0.0356. The van der Waals surface area contributed by atoms with Crippen LogP contribution in [0.2, 0.25) is 0 Å². The molecule has 1 aliphatic rings. The Kier molecular flexibility index (Phi) is 5.11. The number of carbonyl (C=O) groups is 1. The average molecular weight is 359 g/mol. The van der Waals surface area contributed by atoms with Crippen LogP contribution in [0.1, 0.15) is 35.3 Å². The molecule has 0 spiro atoms. The quantitative estimate of drug-likeness (QED) is 0.819. The first-order chi connectivity index (χ1) is 11.6. The van der Waals surface area contributed by atoms with Crippen molar-refractivity contribution >= 4 is 40.0 Å². The van der Waals surface area contributed by atoms with E-state index in [-0.39, 0.29) is 5.78 Å². The second kappa shape index (κ2) is 7.27. The van der Waals surface area contributed by atoms with Gasteiger partial charge in [-0.25, -0.2) is 0 Å². The lowest BCUT2D eigenvalue weighted by atomic mass is 10.0. The highest BCUT2D eigenvalue weighted by molar-refractivity contribution is 8.19. The molecular formula is C17H17N3O2S2. The van der Waals surface area contributed by atoms with Gasteiger partial charge in [-0.15, -0.1) is 21.5 Å². The van der Waals surface area contributed by atoms with E-state index in [0.29, 0.717) is 21.6 Å². The molecule has 1 N–H and O–H groups in total. The van der Waals surface area contributed by atoms with Crippen molar-refractivity contribution in [3.8, 4) is 5.75 Å². The normalized spacial score (nSPS) is 19.2. The topological polar surface area (TPSA) is 75.9 Å². The Morgan fingerprint density at radius 1 is 1.29 bits per heavy atom. The first kappa shape index (κ1) is 16.9. The molecule has 0 aliphatic carbocycles. The maximum absolute atomic E-state index is 12.8. The molecule has 0 bridgehead atoms. The van der Waals surface area contributed by atoms with Gasteiger partial charge in [-0.1, -0.05) is 36.9 Å². The van der Waals surface area contributed by atoms with E-state index < -0.39 is 5.92 Å². The fraction of sp³-hybridized carbons (Fsp3) is 0.294. The molecule has 24 heavy (non-hydrogen) atoms. The predicted molar refractivity (Wildman–Crippen MR) is 97.9 cm³/mol. The summed E-state index contributed by atoms with van der Waals surface area (Å²) in [5.41, 5.74) is 0.843. The monoisotopic (exact) mass is 359 g/mol. The molecule has 0 radical (unpaired) electrons. The van der Waals surface area contributed by atoms with E-state index >= 15 is 0 Å². The molecule has 5 nitrogen and oxygen atoms in total. The van der Waals surface area contributed by atoms with Crippen molar-refractivity contribution in [2.24, 2.45) is 0 Å². The Morgan fingerprint density at radius 2 is 2.08 bits per heavy atom. The number of carbonyl (C=O) groups excluding carboxylic acids is 1. The number of para-hydroxylation sites is 1. The van der Waals surface area contributed by atoms with Crippen molar-refractivity contribution in [1.82, 2.24) is 10.2 Å². The van der Waals surface area contributed by atoms with Crippen LogP contribution in [-0.2, 0) is 11.2 Å². The predicted octanol–water partition coefficient (Wildman–Crippen LogP) is 3.92. The molecular weight excluding hydrogens is 342 g/mol. The highest BCUT2D eigenvalue weighted by atomic mass is 32.2. The standard InChI is InChI=1S/C17H17N3O2S2/c1-3-13-19-20-17(24-13)14-15(21)12(23-16(14)18)9-10-7-5-6-8-11(10)22-4-2/h5-9,14,18H,3-4H2,1-2H3/b12-9-,18-16?/t14-/m1/s1. The lowest BCUT2D eigenvalue weighted by Gasteiger charge is -2.07. The SMILES string of the molecule is CCOc1ccccc1/C=C1\SC(=N)[C@H](c2nnc(CC)s2)C1=O. The molecule has 0 saturated carbocycles.